The SMILES string of the molecule is CCO[Si](CCCCCN)(OCC)OCC.CCO[Si](CCCCCN)(OCC)OCC. The first kappa shape index (κ1) is 34.3. The molecule has 8 nitrogen and oxygen atoms in total. The van der Waals surface area contributed by atoms with E-state index in [0.717, 1.165) is 63.7 Å². The molecule has 0 saturated heterocycles. The fourth-order valence-corrected chi connectivity index (χ4v) is 8.70. The van der Waals surface area contributed by atoms with Gasteiger partial charge in [-0.1, -0.05) is 12.8 Å². The number of unbranched alkanes of at least 4 members (excludes halogenated alkanes) is 4. The van der Waals surface area contributed by atoms with Crippen molar-refractivity contribution in [3.63, 3.8) is 0 Å². The van der Waals surface area contributed by atoms with Gasteiger partial charge in [0.25, 0.3) is 0 Å². The molecule has 0 spiro atoms. The third-order valence-corrected chi connectivity index (χ3v) is 10.9. The Morgan fingerprint density at radius 3 is 0.844 bits per heavy atom. The Morgan fingerprint density at radius 1 is 0.406 bits per heavy atom. The van der Waals surface area contributed by atoms with Crippen molar-refractivity contribution in [1.82, 2.24) is 0 Å². The van der Waals surface area contributed by atoms with Crippen molar-refractivity contribution in [2.45, 2.75) is 92.2 Å². The van der Waals surface area contributed by atoms with Crippen molar-refractivity contribution in [3.05, 3.63) is 0 Å². The van der Waals surface area contributed by atoms with Gasteiger partial charge >= 0.3 is 17.6 Å². The highest BCUT2D eigenvalue weighted by Gasteiger charge is 2.40. The Bertz CT molecular complexity index is 316. The van der Waals surface area contributed by atoms with Gasteiger partial charge in [-0.3, -0.25) is 0 Å². The second-order valence-corrected chi connectivity index (χ2v) is 12.6. The summed E-state index contributed by atoms with van der Waals surface area (Å²) in [5.41, 5.74) is 10.9. The normalized spacial score (nSPS) is 12.0. The quantitative estimate of drug-likeness (QED) is 0.168. The van der Waals surface area contributed by atoms with E-state index >= 15 is 0 Å². The smallest absolute Gasteiger partial charge is 0.374 e. The fourth-order valence-electron chi connectivity index (χ4n) is 3.33. The molecule has 10 heteroatoms. The summed E-state index contributed by atoms with van der Waals surface area (Å²) >= 11 is 0. The molecule has 0 rings (SSSR count). The Hall–Kier alpha value is 0.114. The highest BCUT2D eigenvalue weighted by molar-refractivity contribution is 6.61. The van der Waals surface area contributed by atoms with Crippen LogP contribution in [0.15, 0.2) is 0 Å². The first-order valence-electron chi connectivity index (χ1n) is 12.7. The highest BCUT2D eigenvalue weighted by Crippen LogP contribution is 2.20. The number of hydrogen-bond donors (Lipinski definition) is 2. The molecule has 0 aromatic rings. The Morgan fingerprint density at radius 2 is 0.656 bits per heavy atom. The van der Waals surface area contributed by atoms with Crippen LogP contribution in [0.4, 0.5) is 0 Å². The summed E-state index contributed by atoms with van der Waals surface area (Å²) in [5, 5.41) is 0. The fraction of sp³-hybridized carbons (Fsp3) is 1.00. The number of rotatable bonds is 22. The zero-order valence-electron chi connectivity index (χ0n) is 21.9. The molecule has 0 aliphatic carbocycles. The van der Waals surface area contributed by atoms with E-state index in [1.807, 2.05) is 41.5 Å². The van der Waals surface area contributed by atoms with Crippen molar-refractivity contribution >= 4 is 17.6 Å². The van der Waals surface area contributed by atoms with Crippen LogP contribution in [0.25, 0.3) is 0 Å². The van der Waals surface area contributed by atoms with Gasteiger partial charge in [-0.15, -0.1) is 0 Å². The second kappa shape index (κ2) is 24.2. The van der Waals surface area contributed by atoms with Crippen LogP contribution < -0.4 is 11.5 Å². The summed E-state index contributed by atoms with van der Waals surface area (Å²) in [6, 6.07) is 1.81. The Kier molecular flexibility index (Phi) is 26.0. The van der Waals surface area contributed by atoms with Crippen molar-refractivity contribution in [2.75, 3.05) is 52.7 Å². The summed E-state index contributed by atoms with van der Waals surface area (Å²) in [4.78, 5) is 0. The monoisotopic (exact) mass is 498 g/mol. The van der Waals surface area contributed by atoms with E-state index < -0.39 is 17.6 Å². The summed E-state index contributed by atoms with van der Waals surface area (Å²) < 4.78 is 34.5. The summed E-state index contributed by atoms with van der Waals surface area (Å²) in [5.74, 6) is 0. The molecule has 0 aliphatic rings. The zero-order chi connectivity index (χ0) is 24.6. The van der Waals surface area contributed by atoms with Crippen LogP contribution in [0.2, 0.25) is 12.1 Å². The number of nitrogens with two attached hydrogens (primary N) is 2. The van der Waals surface area contributed by atoms with Crippen molar-refractivity contribution in [1.29, 1.82) is 0 Å². The van der Waals surface area contributed by atoms with Crippen LogP contribution in [-0.2, 0) is 26.6 Å². The van der Waals surface area contributed by atoms with E-state index in [4.69, 9.17) is 38.0 Å². The molecule has 0 aromatic carbocycles. The van der Waals surface area contributed by atoms with Crippen molar-refractivity contribution in [2.24, 2.45) is 11.5 Å². The van der Waals surface area contributed by atoms with Crippen LogP contribution in [0.1, 0.15) is 80.1 Å². The standard InChI is InChI=1S/2C11H27NO3Si/c2*1-4-13-16(14-5-2,15-6-3)11-9-7-8-10-12/h2*4-12H2,1-3H3. The molecule has 0 unspecified atom stereocenters. The van der Waals surface area contributed by atoms with Crippen molar-refractivity contribution in [3.8, 4) is 0 Å². The molecule has 0 aromatic heterocycles. The third kappa shape index (κ3) is 17.6. The molecular weight excluding hydrogens is 444 g/mol. The van der Waals surface area contributed by atoms with E-state index in [9.17, 15) is 0 Å². The summed E-state index contributed by atoms with van der Waals surface area (Å²) in [6.45, 7) is 17.4. The molecule has 0 amide bonds. The average molecular weight is 499 g/mol. The van der Waals surface area contributed by atoms with Gasteiger partial charge in [-0.05, 0) is 80.3 Å². The van der Waals surface area contributed by atoms with Crippen LogP contribution >= 0.6 is 0 Å². The summed E-state index contributed by atoms with van der Waals surface area (Å²) in [7, 11) is -4.77. The maximum absolute atomic E-state index is 5.75. The predicted molar refractivity (Wildman–Crippen MR) is 137 cm³/mol. The molecule has 196 valence electrons. The molecular formula is C22H54N2O6Si2. The lowest BCUT2D eigenvalue weighted by Crippen LogP contribution is -2.45. The van der Waals surface area contributed by atoms with Gasteiger partial charge in [0.1, 0.15) is 0 Å². The molecule has 0 fully saturated rings. The van der Waals surface area contributed by atoms with Crippen LogP contribution in [0, 0.1) is 0 Å². The van der Waals surface area contributed by atoms with Gasteiger partial charge < -0.3 is 38.0 Å². The molecule has 4 N–H and O–H groups in total. The number of hydrogen-bond acceptors (Lipinski definition) is 8. The molecule has 0 saturated carbocycles. The third-order valence-electron chi connectivity index (χ3n) is 4.56. The first-order valence-corrected chi connectivity index (χ1v) is 16.6. The van der Waals surface area contributed by atoms with Crippen molar-refractivity contribution < 1.29 is 26.6 Å². The minimum Gasteiger partial charge on any atom is -0.374 e. The van der Waals surface area contributed by atoms with Crippen LogP contribution in [0.5, 0.6) is 0 Å². The minimum absolute atomic E-state index is 0.656. The molecule has 32 heavy (non-hydrogen) atoms. The van der Waals surface area contributed by atoms with Crippen LogP contribution in [-0.4, -0.2) is 70.3 Å². The Labute approximate surface area is 200 Å². The van der Waals surface area contributed by atoms with Gasteiger partial charge in [-0.2, -0.15) is 0 Å². The summed E-state index contributed by atoms with van der Waals surface area (Å²) in [6.07, 6.45) is 6.52. The largest absolute Gasteiger partial charge is 0.500 e. The van der Waals surface area contributed by atoms with Crippen LogP contribution in [0.3, 0.4) is 0 Å². The minimum atomic E-state index is -2.39. The molecule has 0 radical (unpaired) electrons. The lowest BCUT2D eigenvalue weighted by atomic mass is 10.2. The van der Waals surface area contributed by atoms with E-state index in [0.29, 0.717) is 39.6 Å². The van der Waals surface area contributed by atoms with Gasteiger partial charge in [0.15, 0.2) is 0 Å². The maximum Gasteiger partial charge on any atom is 0.500 e. The second-order valence-electron chi connectivity index (χ2n) is 7.16. The Balaban J connectivity index is 0. The van der Waals surface area contributed by atoms with E-state index in [-0.39, 0.29) is 0 Å². The lowest BCUT2D eigenvalue weighted by molar-refractivity contribution is 0.0698. The van der Waals surface area contributed by atoms with E-state index in [2.05, 4.69) is 0 Å². The van der Waals surface area contributed by atoms with E-state index in [1.54, 1.807) is 0 Å². The van der Waals surface area contributed by atoms with E-state index in [1.165, 1.54) is 0 Å². The average Bonchev–Trinajstić information content (AvgIpc) is 2.76. The topological polar surface area (TPSA) is 107 Å². The predicted octanol–water partition coefficient (Wildman–Crippen LogP) is 4.33. The van der Waals surface area contributed by atoms with Gasteiger partial charge in [-0.25, -0.2) is 0 Å². The maximum atomic E-state index is 5.75. The molecule has 0 atom stereocenters. The van der Waals surface area contributed by atoms with Gasteiger partial charge in [0.2, 0.25) is 0 Å². The molecule has 0 heterocycles. The molecule has 0 bridgehead atoms. The van der Waals surface area contributed by atoms with Gasteiger partial charge in [0, 0.05) is 51.7 Å². The highest BCUT2D eigenvalue weighted by atomic mass is 28.4. The van der Waals surface area contributed by atoms with Gasteiger partial charge in [0.05, 0.1) is 0 Å². The zero-order valence-corrected chi connectivity index (χ0v) is 23.9. The first-order chi connectivity index (χ1) is 15.5. The molecule has 0 aliphatic heterocycles. The lowest BCUT2D eigenvalue weighted by Gasteiger charge is -2.28.